The highest BCUT2D eigenvalue weighted by molar-refractivity contribution is 6.30. The molecule has 0 amide bonds. The van der Waals surface area contributed by atoms with Crippen LogP contribution < -0.4 is 5.32 Å². The maximum Gasteiger partial charge on any atom is 0.321 e. The van der Waals surface area contributed by atoms with Crippen LogP contribution in [-0.4, -0.2) is 23.2 Å². The standard InChI is InChI=1S/C20H22ClNO2/c21-17-9-6-15(7-10-17)16-8-11-18(13-16)22-19(20(23)24)12-14-4-2-1-3-5-14/h1-7,9-10,16,18-19,22H,8,11-13H2,(H,23,24)/t16?,18?,19-/m0/s1. The molecule has 3 nitrogen and oxygen atoms in total. The Hall–Kier alpha value is -1.84. The van der Waals surface area contributed by atoms with E-state index in [4.69, 9.17) is 11.6 Å². The van der Waals surface area contributed by atoms with Crippen molar-refractivity contribution >= 4 is 17.6 Å². The van der Waals surface area contributed by atoms with Gasteiger partial charge in [0.05, 0.1) is 0 Å². The molecule has 24 heavy (non-hydrogen) atoms. The van der Waals surface area contributed by atoms with E-state index in [2.05, 4.69) is 17.4 Å². The molecule has 2 aromatic carbocycles. The predicted molar refractivity (Wildman–Crippen MR) is 96.5 cm³/mol. The SMILES string of the molecule is O=C(O)[C@H](Cc1ccccc1)NC1CCC(c2ccc(Cl)cc2)C1. The summed E-state index contributed by atoms with van der Waals surface area (Å²) in [5.74, 6) is -0.306. The van der Waals surface area contributed by atoms with Crippen LogP contribution in [0.4, 0.5) is 0 Å². The summed E-state index contributed by atoms with van der Waals surface area (Å²) in [4.78, 5) is 11.6. The number of carboxylic acids is 1. The number of aliphatic carboxylic acids is 1. The third kappa shape index (κ3) is 4.37. The van der Waals surface area contributed by atoms with Gasteiger partial charge in [0.1, 0.15) is 6.04 Å². The zero-order chi connectivity index (χ0) is 16.9. The lowest BCUT2D eigenvalue weighted by molar-refractivity contribution is -0.139. The molecule has 4 heteroatoms. The highest BCUT2D eigenvalue weighted by Gasteiger charge is 2.29. The van der Waals surface area contributed by atoms with E-state index in [9.17, 15) is 9.90 Å². The molecule has 3 rings (SSSR count). The molecule has 126 valence electrons. The normalized spacial score (nSPS) is 21.5. The van der Waals surface area contributed by atoms with Crippen molar-refractivity contribution in [1.29, 1.82) is 0 Å². The van der Waals surface area contributed by atoms with Crippen LogP contribution in [0.3, 0.4) is 0 Å². The van der Waals surface area contributed by atoms with Gasteiger partial charge in [0, 0.05) is 11.1 Å². The highest BCUT2D eigenvalue weighted by Crippen LogP contribution is 2.35. The number of rotatable bonds is 6. The zero-order valence-electron chi connectivity index (χ0n) is 13.5. The van der Waals surface area contributed by atoms with Crippen LogP contribution >= 0.6 is 11.6 Å². The highest BCUT2D eigenvalue weighted by atomic mass is 35.5. The van der Waals surface area contributed by atoms with Gasteiger partial charge >= 0.3 is 5.97 Å². The zero-order valence-corrected chi connectivity index (χ0v) is 14.2. The van der Waals surface area contributed by atoms with Crippen LogP contribution in [-0.2, 0) is 11.2 Å². The molecular formula is C20H22ClNO2. The van der Waals surface area contributed by atoms with E-state index in [1.54, 1.807) is 0 Å². The van der Waals surface area contributed by atoms with Crippen molar-refractivity contribution in [3.8, 4) is 0 Å². The average molecular weight is 344 g/mol. The van der Waals surface area contributed by atoms with Crippen molar-refractivity contribution in [3.63, 3.8) is 0 Å². The van der Waals surface area contributed by atoms with E-state index < -0.39 is 12.0 Å². The second kappa shape index (κ2) is 7.82. The lowest BCUT2D eigenvalue weighted by atomic mass is 9.97. The molecule has 2 aromatic rings. The first-order chi connectivity index (χ1) is 11.6. The van der Waals surface area contributed by atoms with Crippen LogP contribution in [0.5, 0.6) is 0 Å². The van der Waals surface area contributed by atoms with Gasteiger partial charge < -0.3 is 10.4 Å². The average Bonchev–Trinajstić information content (AvgIpc) is 3.04. The Morgan fingerprint density at radius 2 is 1.83 bits per heavy atom. The topological polar surface area (TPSA) is 49.3 Å². The van der Waals surface area contributed by atoms with Gasteiger partial charge in [0.15, 0.2) is 0 Å². The van der Waals surface area contributed by atoms with Crippen LogP contribution in [0.1, 0.15) is 36.3 Å². The largest absolute Gasteiger partial charge is 0.480 e. The number of hydrogen-bond acceptors (Lipinski definition) is 2. The Bertz CT molecular complexity index is 672. The number of carboxylic acid groups (broad SMARTS) is 1. The van der Waals surface area contributed by atoms with E-state index in [0.29, 0.717) is 12.3 Å². The van der Waals surface area contributed by atoms with Crippen molar-refractivity contribution < 1.29 is 9.90 Å². The summed E-state index contributed by atoms with van der Waals surface area (Å²) < 4.78 is 0. The number of benzene rings is 2. The second-order valence-electron chi connectivity index (χ2n) is 6.51. The van der Waals surface area contributed by atoms with Crippen LogP contribution in [0, 0.1) is 0 Å². The molecule has 2 N–H and O–H groups in total. The fraction of sp³-hybridized carbons (Fsp3) is 0.350. The second-order valence-corrected chi connectivity index (χ2v) is 6.94. The number of halogens is 1. The minimum atomic E-state index is -0.784. The first-order valence-corrected chi connectivity index (χ1v) is 8.78. The van der Waals surface area contributed by atoms with E-state index in [-0.39, 0.29) is 6.04 Å². The third-order valence-electron chi connectivity index (χ3n) is 4.79. The Kier molecular flexibility index (Phi) is 5.54. The van der Waals surface area contributed by atoms with Crippen molar-refractivity contribution in [2.45, 2.75) is 43.7 Å². The Labute approximate surface area is 147 Å². The quantitative estimate of drug-likeness (QED) is 0.823. The molecule has 0 spiro atoms. The smallest absolute Gasteiger partial charge is 0.321 e. The molecular weight excluding hydrogens is 322 g/mol. The molecule has 0 bridgehead atoms. The maximum atomic E-state index is 11.6. The first-order valence-electron chi connectivity index (χ1n) is 8.40. The number of hydrogen-bond donors (Lipinski definition) is 2. The summed E-state index contributed by atoms with van der Waals surface area (Å²) in [7, 11) is 0. The van der Waals surface area contributed by atoms with Gasteiger partial charge in [-0.1, -0.05) is 54.1 Å². The van der Waals surface area contributed by atoms with Gasteiger partial charge in [-0.25, -0.2) is 0 Å². The van der Waals surface area contributed by atoms with Crippen molar-refractivity contribution in [2.24, 2.45) is 0 Å². The molecule has 1 aliphatic rings. The van der Waals surface area contributed by atoms with Gasteiger partial charge in [0.2, 0.25) is 0 Å². The summed E-state index contributed by atoms with van der Waals surface area (Å²) in [6.07, 6.45) is 3.57. The van der Waals surface area contributed by atoms with Crippen molar-refractivity contribution in [2.75, 3.05) is 0 Å². The molecule has 2 unspecified atom stereocenters. The Morgan fingerprint density at radius 1 is 1.12 bits per heavy atom. The monoisotopic (exact) mass is 343 g/mol. The maximum absolute atomic E-state index is 11.6. The van der Waals surface area contributed by atoms with Crippen LogP contribution in [0.15, 0.2) is 54.6 Å². The van der Waals surface area contributed by atoms with E-state index >= 15 is 0 Å². The van der Waals surface area contributed by atoms with E-state index in [1.807, 2.05) is 42.5 Å². The number of carbonyl (C=O) groups is 1. The van der Waals surface area contributed by atoms with Crippen molar-refractivity contribution in [1.82, 2.24) is 5.32 Å². The molecule has 0 aliphatic heterocycles. The fourth-order valence-corrected chi connectivity index (χ4v) is 3.65. The molecule has 0 aromatic heterocycles. The van der Waals surface area contributed by atoms with Gasteiger partial charge in [-0.05, 0) is 54.9 Å². The summed E-state index contributed by atoms with van der Waals surface area (Å²) in [5, 5.41) is 13.6. The van der Waals surface area contributed by atoms with Crippen LogP contribution in [0.25, 0.3) is 0 Å². The molecule has 3 atom stereocenters. The Balaban J connectivity index is 1.60. The molecule has 1 fully saturated rings. The van der Waals surface area contributed by atoms with E-state index in [0.717, 1.165) is 29.8 Å². The third-order valence-corrected chi connectivity index (χ3v) is 5.04. The summed E-state index contributed by atoms with van der Waals surface area (Å²) in [5.41, 5.74) is 2.34. The summed E-state index contributed by atoms with van der Waals surface area (Å²) >= 11 is 5.95. The fourth-order valence-electron chi connectivity index (χ4n) is 3.52. The summed E-state index contributed by atoms with van der Waals surface area (Å²) in [6, 6.07) is 17.5. The lowest BCUT2D eigenvalue weighted by Crippen LogP contribution is -2.43. The minimum Gasteiger partial charge on any atom is -0.480 e. The van der Waals surface area contributed by atoms with Gasteiger partial charge in [-0.15, -0.1) is 0 Å². The first kappa shape index (κ1) is 17.0. The predicted octanol–water partition coefficient (Wildman–Crippen LogP) is 4.26. The van der Waals surface area contributed by atoms with E-state index in [1.165, 1.54) is 5.56 Å². The van der Waals surface area contributed by atoms with Gasteiger partial charge in [-0.2, -0.15) is 0 Å². The number of nitrogens with one attached hydrogen (secondary N) is 1. The minimum absolute atomic E-state index is 0.246. The molecule has 0 saturated heterocycles. The van der Waals surface area contributed by atoms with Crippen LogP contribution in [0.2, 0.25) is 5.02 Å². The van der Waals surface area contributed by atoms with Gasteiger partial charge in [-0.3, -0.25) is 4.79 Å². The lowest BCUT2D eigenvalue weighted by Gasteiger charge is -2.20. The summed E-state index contributed by atoms with van der Waals surface area (Å²) in [6.45, 7) is 0. The van der Waals surface area contributed by atoms with Gasteiger partial charge in [0.25, 0.3) is 0 Å². The molecule has 1 saturated carbocycles. The molecule has 0 heterocycles. The molecule has 0 radical (unpaired) electrons. The van der Waals surface area contributed by atoms with Crippen molar-refractivity contribution in [3.05, 3.63) is 70.7 Å². The molecule has 1 aliphatic carbocycles. The Morgan fingerprint density at radius 3 is 2.50 bits per heavy atom.